The fourth-order valence-corrected chi connectivity index (χ4v) is 1.98. The van der Waals surface area contributed by atoms with Crippen LogP contribution in [0.1, 0.15) is 33.6 Å². The van der Waals surface area contributed by atoms with Gasteiger partial charge in [0.2, 0.25) is 0 Å². The quantitative estimate of drug-likeness (QED) is 0.512. The minimum Gasteiger partial charge on any atom is -0.369 e. The number of hydrogen-bond acceptors (Lipinski definition) is 2. The number of likely N-dealkylation sites (tertiary alicyclic amines) is 1. The van der Waals surface area contributed by atoms with E-state index < -0.39 is 0 Å². The molecule has 0 aromatic rings. The SMILES string of the molecule is CC(C)(C)N1CCC2(CC1)CO2. The zero-order chi connectivity index (χ0) is 8.82. The summed E-state index contributed by atoms with van der Waals surface area (Å²) in [5.41, 5.74) is 0.679. The third kappa shape index (κ3) is 1.50. The van der Waals surface area contributed by atoms with Crippen molar-refractivity contribution in [1.82, 2.24) is 4.90 Å². The van der Waals surface area contributed by atoms with Crippen molar-refractivity contribution in [1.29, 1.82) is 0 Å². The summed E-state index contributed by atoms with van der Waals surface area (Å²) in [5.74, 6) is 0. The number of piperidine rings is 1. The molecule has 0 radical (unpaired) electrons. The predicted octanol–water partition coefficient (Wildman–Crippen LogP) is 1.65. The van der Waals surface area contributed by atoms with E-state index in [9.17, 15) is 0 Å². The molecule has 0 saturated carbocycles. The lowest BCUT2D eigenvalue weighted by molar-refractivity contribution is 0.0723. The summed E-state index contributed by atoms with van der Waals surface area (Å²) in [5, 5.41) is 0. The summed E-state index contributed by atoms with van der Waals surface area (Å²) >= 11 is 0. The molecular formula is C10H19NO. The van der Waals surface area contributed by atoms with Crippen LogP contribution in [0.5, 0.6) is 0 Å². The summed E-state index contributed by atoms with van der Waals surface area (Å²) < 4.78 is 5.47. The van der Waals surface area contributed by atoms with Crippen LogP contribution >= 0.6 is 0 Å². The molecule has 2 saturated heterocycles. The zero-order valence-electron chi connectivity index (χ0n) is 8.39. The van der Waals surface area contributed by atoms with Crippen LogP contribution in [0, 0.1) is 0 Å². The molecule has 0 N–H and O–H groups in total. The van der Waals surface area contributed by atoms with Gasteiger partial charge < -0.3 is 4.74 Å². The summed E-state index contributed by atoms with van der Waals surface area (Å²) in [4.78, 5) is 2.56. The summed E-state index contributed by atoms with van der Waals surface area (Å²) in [7, 11) is 0. The number of epoxide rings is 1. The van der Waals surface area contributed by atoms with Crippen molar-refractivity contribution >= 4 is 0 Å². The first kappa shape index (κ1) is 8.52. The molecule has 2 aliphatic heterocycles. The van der Waals surface area contributed by atoms with E-state index in [4.69, 9.17) is 4.74 Å². The van der Waals surface area contributed by atoms with Crippen molar-refractivity contribution in [3.8, 4) is 0 Å². The lowest BCUT2D eigenvalue weighted by Gasteiger charge is -2.40. The number of nitrogens with zero attached hydrogens (tertiary/aromatic N) is 1. The van der Waals surface area contributed by atoms with Crippen LogP contribution in [-0.2, 0) is 4.74 Å². The fraction of sp³-hybridized carbons (Fsp3) is 1.00. The lowest BCUT2D eigenvalue weighted by atomic mass is 9.94. The summed E-state index contributed by atoms with van der Waals surface area (Å²) in [6.45, 7) is 10.3. The van der Waals surface area contributed by atoms with E-state index in [1.807, 2.05) is 0 Å². The minimum absolute atomic E-state index is 0.335. The highest BCUT2D eigenvalue weighted by Gasteiger charge is 2.47. The highest BCUT2D eigenvalue weighted by Crippen LogP contribution is 2.39. The predicted molar refractivity (Wildman–Crippen MR) is 49.2 cm³/mol. The van der Waals surface area contributed by atoms with Crippen molar-refractivity contribution in [2.45, 2.75) is 44.8 Å². The molecule has 0 amide bonds. The smallest absolute Gasteiger partial charge is 0.0940 e. The molecular weight excluding hydrogens is 150 g/mol. The molecule has 1 spiro atoms. The van der Waals surface area contributed by atoms with Gasteiger partial charge in [0, 0.05) is 18.6 Å². The molecule has 0 unspecified atom stereocenters. The molecule has 0 aromatic heterocycles. The Hall–Kier alpha value is -0.0800. The number of rotatable bonds is 0. The molecule has 2 fully saturated rings. The van der Waals surface area contributed by atoms with Gasteiger partial charge in [0.1, 0.15) is 0 Å². The Labute approximate surface area is 74.9 Å². The van der Waals surface area contributed by atoms with E-state index in [1.165, 1.54) is 25.9 Å². The minimum atomic E-state index is 0.335. The van der Waals surface area contributed by atoms with Crippen LogP contribution in [0.2, 0.25) is 0 Å². The molecule has 2 heteroatoms. The van der Waals surface area contributed by atoms with Gasteiger partial charge in [-0.1, -0.05) is 0 Å². The Morgan fingerprint density at radius 1 is 1.17 bits per heavy atom. The van der Waals surface area contributed by atoms with Gasteiger partial charge in [-0.15, -0.1) is 0 Å². The van der Waals surface area contributed by atoms with Gasteiger partial charge >= 0.3 is 0 Å². The van der Waals surface area contributed by atoms with Crippen molar-refractivity contribution in [2.24, 2.45) is 0 Å². The van der Waals surface area contributed by atoms with Gasteiger partial charge in [-0.2, -0.15) is 0 Å². The van der Waals surface area contributed by atoms with Crippen molar-refractivity contribution < 1.29 is 4.74 Å². The van der Waals surface area contributed by atoms with E-state index in [1.54, 1.807) is 0 Å². The number of ether oxygens (including phenoxy) is 1. The van der Waals surface area contributed by atoms with Gasteiger partial charge in [-0.25, -0.2) is 0 Å². The summed E-state index contributed by atoms with van der Waals surface area (Å²) in [6, 6.07) is 0. The van der Waals surface area contributed by atoms with E-state index in [2.05, 4.69) is 25.7 Å². The second-order valence-electron chi connectivity index (χ2n) is 5.13. The van der Waals surface area contributed by atoms with E-state index >= 15 is 0 Å². The lowest BCUT2D eigenvalue weighted by Crippen LogP contribution is -2.48. The van der Waals surface area contributed by atoms with E-state index in [-0.39, 0.29) is 0 Å². The van der Waals surface area contributed by atoms with Crippen molar-refractivity contribution in [3.05, 3.63) is 0 Å². The first-order chi connectivity index (χ1) is 5.52. The van der Waals surface area contributed by atoms with Gasteiger partial charge in [0.15, 0.2) is 0 Å². The van der Waals surface area contributed by atoms with Crippen LogP contribution < -0.4 is 0 Å². The zero-order valence-corrected chi connectivity index (χ0v) is 8.39. The van der Waals surface area contributed by atoms with E-state index in [0.717, 1.165) is 6.61 Å². The molecule has 2 nitrogen and oxygen atoms in total. The molecule has 0 aliphatic carbocycles. The monoisotopic (exact) mass is 169 g/mol. The largest absolute Gasteiger partial charge is 0.369 e. The Morgan fingerprint density at radius 2 is 1.67 bits per heavy atom. The third-order valence-corrected chi connectivity index (χ3v) is 3.18. The normalized spacial score (nSPS) is 29.2. The van der Waals surface area contributed by atoms with Gasteiger partial charge in [0.25, 0.3) is 0 Å². The average molecular weight is 169 g/mol. The molecule has 70 valence electrons. The Balaban J connectivity index is 1.90. The van der Waals surface area contributed by atoms with Crippen LogP contribution in [0.15, 0.2) is 0 Å². The van der Waals surface area contributed by atoms with Crippen molar-refractivity contribution in [3.63, 3.8) is 0 Å². The van der Waals surface area contributed by atoms with Crippen LogP contribution in [-0.4, -0.2) is 35.7 Å². The first-order valence-corrected chi connectivity index (χ1v) is 4.91. The molecule has 2 rings (SSSR count). The maximum Gasteiger partial charge on any atom is 0.0940 e. The maximum absolute atomic E-state index is 5.47. The van der Waals surface area contributed by atoms with Crippen molar-refractivity contribution in [2.75, 3.05) is 19.7 Å². The maximum atomic E-state index is 5.47. The van der Waals surface area contributed by atoms with Crippen LogP contribution in [0.4, 0.5) is 0 Å². The van der Waals surface area contributed by atoms with Gasteiger partial charge in [-0.05, 0) is 33.6 Å². The molecule has 2 aliphatic rings. The highest BCUT2D eigenvalue weighted by molar-refractivity contribution is 4.98. The van der Waals surface area contributed by atoms with E-state index in [0.29, 0.717) is 11.1 Å². The summed E-state index contributed by atoms with van der Waals surface area (Å²) in [6.07, 6.45) is 2.48. The second-order valence-corrected chi connectivity index (χ2v) is 5.13. The van der Waals surface area contributed by atoms with Crippen LogP contribution in [0.3, 0.4) is 0 Å². The average Bonchev–Trinajstić information content (AvgIpc) is 2.68. The number of hydrogen-bond donors (Lipinski definition) is 0. The Kier molecular flexibility index (Phi) is 1.74. The second kappa shape index (κ2) is 2.46. The highest BCUT2D eigenvalue weighted by atomic mass is 16.6. The standard InChI is InChI=1S/C10H19NO/c1-9(2,3)11-6-4-10(5-7-11)8-12-10/h4-8H2,1-3H3. The van der Waals surface area contributed by atoms with Gasteiger partial charge in [0.05, 0.1) is 12.2 Å². The molecule has 0 aromatic carbocycles. The molecule has 0 atom stereocenters. The first-order valence-electron chi connectivity index (χ1n) is 4.91. The Morgan fingerprint density at radius 3 is 2.00 bits per heavy atom. The fourth-order valence-electron chi connectivity index (χ4n) is 1.98. The van der Waals surface area contributed by atoms with Crippen LogP contribution in [0.25, 0.3) is 0 Å². The third-order valence-electron chi connectivity index (χ3n) is 3.18. The molecule has 2 heterocycles. The Bertz CT molecular complexity index is 169. The molecule has 0 bridgehead atoms. The topological polar surface area (TPSA) is 15.8 Å². The molecule has 12 heavy (non-hydrogen) atoms. The van der Waals surface area contributed by atoms with Gasteiger partial charge in [-0.3, -0.25) is 4.90 Å².